The summed E-state index contributed by atoms with van der Waals surface area (Å²) in [6.45, 7) is 10.6. The summed E-state index contributed by atoms with van der Waals surface area (Å²) in [5.41, 5.74) is 5.04. The number of hydrogen-bond donors (Lipinski definition) is 0. The van der Waals surface area contributed by atoms with Gasteiger partial charge >= 0.3 is 0 Å². The maximum atomic E-state index is 13.4. The summed E-state index contributed by atoms with van der Waals surface area (Å²) in [6, 6.07) is 11.8. The van der Waals surface area contributed by atoms with Crippen LogP contribution >= 0.6 is 11.6 Å². The molecular weight excluding hydrogens is 412 g/mol. The van der Waals surface area contributed by atoms with Crippen molar-refractivity contribution in [2.45, 2.75) is 33.8 Å². The van der Waals surface area contributed by atoms with Crippen molar-refractivity contribution in [2.24, 2.45) is 0 Å². The summed E-state index contributed by atoms with van der Waals surface area (Å²) in [6.07, 6.45) is -0.107. The lowest BCUT2D eigenvalue weighted by Gasteiger charge is -2.36. The lowest BCUT2D eigenvalue weighted by molar-refractivity contribution is 0.0733. The van der Waals surface area contributed by atoms with E-state index in [-0.39, 0.29) is 17.7 Å². The Morgan fingerprint density at radius 1 is 1.00 bits per heavy atom. The van der Waals surface area contributed by atoms with E-state index >= 15 is 0 Å². The number of benzene rings is 2. The molecule has 1 amide bonds. The van der Waals surface area contributed by atoms with Crippen LogP contribution in [0.3, 0.4) is 0 Å². The molecule has 6 nitrogen and oxygen atoms in total. The van der Waals surface area contributed by atoms with E-state index in [0.717, 1.165) is 35.4 Å². The lowest BCUT2D eigenvalue weighted by atomic mass is 10.1. The van der Waals surface area contributed by atoms with Gasteiger partial charge in [-0.05, 0) is 69.2 Å². The number of carbonyl (C=O) groups excluding carboxylic acids is 1. The topological polar surface area (TPSA) is 58.6 Å². The second-order valence-electron chi connectivity index (χ2n) is 8.23. The fourth-order valence-corrected chi connectivity index (χ4v) is 3.92. The average Bonchev–Trinajstić information content (AvgIpc) is 2.74. The van der Waals surface area contributed by atoms with Gasteiger partial charge < -0.3 is 14.5 Å². The quantitative estimate of drug-likeness (QED) is 0.593. The minimum Gasteiger partial charge on any atom is -0.473 e. The van der Waals surface area contributed by atoms with E-state index in [9.17, 15) is 4.79 Å². The first kappa shape index (κ1) is 21.4. The molecule has 0 N–H and O–H groups in total. The van der Waals surface area contributed by atoms with Crippen LogP contribution in [0.1, 0.15) is 35.5 Å². The number of aromatic nitrogens is 2. The van der Waals surface area contributed by atoms with Crippen molar-refractivity contribution in [1.82, 2.24) is 14.9 Å². The summed E-state index contributed by atoms with van der Waals surface area (Å²) >= 11 is 6.13. The molecule has 1 aromatic heterocycles. The van der Waals surface area contributed by atoms with Crippen LogP contribution in [0, 0.1) is 13.8 Å². The van der Waals surface area contributed by atoms with Crippen molar-refractivity contribution in [3.63, 3.8) is 0 Å². The third kappa shape index (κ3) is 4.59. The molecule has 0 unspecified atom stereocenters. The zero-order chi connectivity index (χ0) is 22.1. The Labute approximate surface area is 187 Å². The van der Waals surface area contributed by atoms with E-state index in [1.807, 2.05) is 69.0 Å². The van der Waals surface area contributed by atoms with E-state index in [4.69, 9.17) is 16.3 Å². The molecule has 0 saturated carbocycles. The molecule has 2 aromatic carbocycles. The van der Waals surface area contributed by atoms with Gasteiger partial charge in [-0.15, -0.1) is 0 Å². The first-order valence-electron chi connectivity index (χ1n) is 10.6. The smallest absolute Gasteiger partial charge is 0.278 e. The van der Waals surface area contributed by atoms with E-state index in [1.54, 1.807) is 0 Å². The SMILES string of the molecule is Cc1cc2nc(OC(C)C)c(C(=O)N3CCN(c4cccc(Cl)c4)CC3)nc2cc1C. The maximum absolute atomic E-state index is 13.4. The molecular formula is C24H27ClN4O2. The number of nitrogens with zero attached hydrogens (tertiary/aromatic N) is 4. The van der Waals surface area contributed by atoms with Gasteiger partial charge in [-0.25, -0.2) is 9.97 Å². The molecule has 0 aliphatic carbocycles. The lowest BCUT2D eigenvalue weighted by Crippen LogP contribution is -2.49. The number of piperazine rings is 1. The van der Waals surface area contributed by atoms with Gasteiger partial charge in [0, 0.05) is 36.9 Å². The zero-order valence-corrected chi connectivity index (χ0v) is 19.1. The van der Waals surface area contributed by atoms with Crippen LogP contribution in [0.25, 0.3) is 11.0 Å². The van der Waals surface area contributed by atoms with Gasteiger partial charge in [-0.3, -0.25) is 4.79 Å². The van der Waals surface area contributed by atoms with Crippen molar-refractivity contribution in [1.29, 1.82) is 0 Å². The number of carbonyl (C=O) groups is 1. The predicted octanol–water partition coefficient (Wildman–Crippen LogP) is 4.65. The van der Waals surface area contributed by atoms with Crippen LogP contribution in [0.15, 0.2) is 36.4 Å². The number of rotatable bonds is 4. The number of hydrogen-bond acceptors (Lipinski definition) is 5. The number of fused-ring (bicyclic) bond motifs is 1. The van der Waals surface area contributed by atoms with Gasteiger partial charge in [0.1, 0.15) is 0 Å². The van der Waals surface area contributed by atoms with Crippen molar-refractivity contribution in [3.8, 4) is 5.88 Å². The Balaban J connectivity index is 1.60. The molecule has 31 heavy (non-hydrogen) atoms. The van der Waals surface area contributed by atoms with Crippen molar-refractivity contribution in [3.05, 3.63) is 58.2 Å². The van der Waals surface area contributed by atoms with E-state index in [0.29, 0.717) is 29.5 Å². The molecule has 1 aliphatic rings. The normalized spacial score (nSPS) is 14.4. The highest BCUT2D eigenvalue weighted by Crippen LogP contribution is 2.25. The number of halogens is 1. The molecule has 0 bridgehead atoms. The van der Waals surface area contributed by atoms with Gasteiger partial charge in [-0.1, -0.05) is 17.7 Å². The van der Waals surface area contributed by atoms with E-state index in [2.05, 4.69) is 14.9 Å². The van der Waals surface area contributed by atoms with Crippen LogP contribution in [-0.2, 0) is 0 Å². The predicted molar refractivity (Wildman–Crippen MR) is 124 cm³/mol. The first-order valence-corrected chi connectivity index (χ1v) is 10.9. The molecule has 4 rings (SSSR count). The van der Waals surface area contributed by atoms with Crippen LogP contribution in [0.4, 0.5) is 5.69 Å². The minimum absolute atomic E-state index is 0.107. The summed E-state index contributed by atoms with van der Waals surface area (Å²) in [5, 5.41) is 0.712. The molecule has 0 spiro atoms. The Hall–Kier alpha value is -2.86. The summed E-state index contributed by atoms with van der Waals surface area (Å²) in [5.74, 6) is 0.155. The molecule has 1 saturated heterocycles. The van der Waals surface area contributed by atoms with Crippen LogP contribution in [0.2, 0.25) is 5.02 Å². The zero-order valence-electron chi connectivity index (χ0n) is 18.4. The maximum Gasteiger partial charge on any atom is 0.278 e. The molecule has 3 aromatic rings. The largest absolute Gasteiger partial charge is 0.473 e. The monoisotopic (exact) mass is 438 g/mol. The fourth-order valence-electron chi connectivity index (χ4n) is 3.73. The highest BCUT2D eigenvalue weighted by atomic mass is 35.5. The van der Waals surface area contributed by atoms with Crippen molar-refractivity contribution in [2.75, 3.05) is 31.1 Å². The van der Waals surface area contributed by atoms with Gasteiger partial charge in [0.05, 0.1) is 17.1 Å². The van der Waals surface area contributed by atoms with E-state index in [1.165, 1.54) is 0 Å². The van der Waals surface area contributed by atoms with Crippen LogP contribution in [-0.4, -0.2) is 53.1 Å². The third-order valence-corrected chi connectivity index (χ3v) is 5.77. The van der Waals surface area contributed by atoms with Crippen molar-refractivity contribution < 1.29 is 9.53 Å². The van der Waals surface area contributed by atoms with Gasteiger partial charge in [0.15, 0.2) is 5.69 Å². The Kier molecular flexibility index (Phi) is 6.01. The van der Waals surface area contributed by atoms with Gasteiger partial charge in [0.2, 0.25) is 5.88 Å². The number of anilines is 1. The van der Waals surface area contributed by atoms with Gasteiger partial charge in [0.25, 0.3) is 5.91 Å². The third-order valence-electron chi connectivity index (χ3n) is 5.54. The molecule has 2 heterocycles. The molecule has 162 valence electrons. The Bertz CT molecular complexity index is 1120. The second-order valence-corrected chi connectivity index (χ2v) is 8.66. The Morgan fingerprint density at radius 2 is 1.65 bits per heavy atom. The Morgan fingerprint density at radius 3 is 2.26 bits per heavy atom. The minimum atomic E-state index is -0.144. The summed E-state index contributed by atoms with van der Waals surface area (Å²) in [4.78, 5) is 26.8. The molecule has 0 radical (unpaired) electrons. The molecule has 1 fully saturated rings. The first-order chi connectivity index (χ1) is 14.8. The number of ether oxygens (including phenoxy) is 1. The van der Waals surface area contributed by atoms with Crippen LogP contribution in [0.5, 0.6) is 5.88 Å². The fraction of sp³-hybridized carbons (Fsp3) is 0.375. The van der Waals surface area contributed by atoms with Crippen molar-refractivity contribution >= 4 is 34.2 Å². The second kappa shape index (κ2) is 8.71. The van der Waals surface area contributed by atoms with Gasteiger partial charge in [-0.2, -0.15) is 0 Å². The highest BCUT2D eigenvalue weighted by Gasteiger charge is 2.27. The molecule has 1 aliphatic heterocycles. The highest BCUT2D eigenvalue weighted by molar-refractivity contribution is 6.30. The van der Waals surface area contributed by atoms with E-state index < -0.39 is 0 Å². The molecule has 0 atom stereocenters. The number of amides is 1. The summed E-state index contributed by atoms with van der Waals surface area (Å²) < 4.78 is 5.89. The van der Waals surface area contributed by atoms with Crippen LogP contribution < -0.4 is 9.64 Å². The summed E-state index contributed by atoms with van der Waals surface area (Å²) in [7, 11) is 0. The number of aryl methyl sites for hydroxylation is 2. The standard InChI is InChI=1S/C24H27ClN4O2/c1-15(2)31-23-22(26-20-12-16(3)17(4)13-21(20)27-23)24(30)29-10-8-28(9-11-29)19-7-5-6-18(25)14-19/h5-7,12-15H,8-11H2,1-4H3. The molecule has 7 heteroatoms. The average molecular weight is 439 g/mol.